The van der Waals surface area contributed by atoms with Crippen LogP contribution in [0.3, 0.4) is 0 Å². The Bertz CT molecular complexity index is 573. The maximum atomic E-state index is 5.62. The first-order chi connectivity index (χ1) is 8.54. The number of rotatable bonds is 3. The highest BCUT2D eigenvalue weighted by Gasteiger charge is 2.14. The lowest BCUT2D eigenvalue weighted by Crippen LogP contribution is -2.08. The monoisotopic (exact) mass is 307 g/mol. The van der Waals surface area contributed by atoms with Gasteiger partial charge >= 0.3 is 0 Å². The molecule has 1 aromatic carbocycles. The van der Waals surface area contributed by atoms with Gasteiger partial charge in [0.15, 0.2) is 0 Å². The summed E-state index contributed by atoms with van der Waals surface area (Å²) in [5, 5.41) is 0. The molecule has 18 heavy (non-hydrogen) atoms. The zero-order chi connectivity index (χ0) is 13.3. The quantitative estimate of drug-likeness (QED) is 0.947. The molecule has 1 heterocycles. The molecule has 0 bridgehead atoms. The summed E-state index contributed by atoms with van der Waals surface area (Å²) >= 11 is 3.52. The van der Waals surface area contributed by atoms with Gasteiger partial charge in [-0.1, -0.05) is 22.0 Å². The smallest absolute Gasteiger partial charge is 0.110 e. The van der Waals surface area contributed by atoms with E-state index in [-0.39, 0.29) is 0 Å². The van der Waals surface area contributed by atoms with E-state index in [9.17, 15) is 0 Å². The van der Waals surface area contributed by atoms with Crippen molar-refractivity contribution < 1.29 is 0 Å². The number of hydrogen-bond acceptors (Lipinski definition) is 2. The minimum absolute atomic E-state index is 0.626. The first kappa shape index (κ1) is 13.3. The summed E-state index contributed by atoms with van der Waals surface area (Å²) in [5.74, 6) is 1.05. The summed E-state index contributed by atoms with van der Waals surface area (Å²) < 4.78 is 3.20. The van der Waals surface area contributed by atoms with E-state index in [1.54, 1.807) is 0 Å². The molecule has 4 heteroatoms. The van der Waals surface area contributed by atoms with Crippen LogP contribution in [0.2, 0.25) is 0 Å². The molecule has 3 nitrogen and oxygen atoms in total. The van der Waals surface area contributed by atoms with E-state index < -0.39 is 0 Å². The topological polar surface area (TPSA) is 43.8 Å². The second-order valence-corrected chi connectivity index (χ2v) is 5.43. The fraction of sp³-hybridized carbons (Fsp3) is 0.357. The molecule has 1 aromatic heterocycles. The second-order valence-electron chi connectivity index (χ2n) is 4.52. The van der Waals surface area contributed by atoms with Gasteiger partial charge in [-0.2, -0.15) is 0 Å². The van der Waals surface area contributed by atoms with Gasteiger partial charge in [0, 0.05) is 29.2 Å². The molecule has 0 fully saturated rings. The average molecular weight is 308 g/mol. The lowest BCUT2D eigenvalue weighted by molar-refractivity contribution is 0.761. The van der Waals surface area contributed by atoms with Crippen LogP contribution in [0.4, 0.5) is 0 Å². The molecule has 0 aliphatic rings. The van der Waals surface area contributed by atoms with Crippen molar-refractivity contribution in [3.05, 3.63) is 39.8 Å². The van der Waals surface area contributed by atoms with E-state index in [1.807, 2.05) is 7.05 Å². The van der Waals surface area contributed by atoms with Crippen LogP contribution in [0.25, 0.3) is 11.3 Å². The van der Waals surface area contributed by atoms with Crippen LogP contribution in [-0.4, -0.2) is 16.1 Å². The van der Waals surface area contributed by atoms with Gasteiger partial charge in [-0.05, 0) is 38.1 Å². The van der Waals surface area contributed by atoms with Crippen molar-refractivity contribution in [3.8, 4) is 11.3 Å². The van der Waals surface area contributed by atoms with Crippen LogP contribution in [0.5, 0.6) is 0 Å². The predicted octanol–water partition coefficient (Wildman–Crippen LogP) is 2.97. The first-order valence-corrected chi connectivity index (χ1v) is 6.82. The number of aryl methyl sites for hydroxylation is 1. The number of benzene rings is 1. The molecule has 0 unspecified atom stereocenters. The number of aromatic nitrogens is 2. The first-order valence-electron chi connectivity index (χ1n) is 6.03. The molecule has 2 aromatic rings. The summed E-state index contributed by atoms with van der Waals surface area (Å²) in [4.78, 5) is 4.73. The Kier molecular flexibility index (Phi) is 3.88. The Balaban J connectivity index is 2.57. The number of nitrogens with two attached hydrogens (primary N) is 1. The molecule has 0 saturated carbocycles. The third kappa shape index (κ3) is 2.35. The number of hydrogen-bond donors (Lipinski definition) is 1. The van der Waals surface area contributed by atoms with Crippen molar-refractivity contribution >= 4 is 15.9 Å². The van der Waals surface area contributed by atoms with E-state index in [1.165, 1.54) is 16.8 Å². The van der Waals surface area contributed by atoms with E-state index in [4.69, 9.17) is 10.7 Å². The molecular weight excluding hydrogens is 290 g/mol. The number of nitrogens with zero attached hydrogens (tertiary/aromatic N) is 2. The van der Waals surface area contributed by atoms with Crippen molar-refractivity contribution in [2.75, 3.05) is 6.54 Å². The Morgan fingerprint density at radius 2 is 2.06 bits per heavy atom. The van der Waals surface area contributed by atoms with Gasteiger partial charge in [0.25, 0.3) is 0 Å². The van der Waals surface area contributed by atoms with E-state index in [0.717, 1.165) is 22.4 Å². The lowest BCUT2D eigenvalue weighted by atomic mass is 10.0. The number of imidazole rings is 1. The van der Waals surface area contributed by atoms with Crippen molar-refractivity contribution in [3.63, 3.8) is 0 Å². The zero-order valence-corrected chi connectivity index (χ0v) is 12.6. The molecule has 0 radical (unpaired) electrons. The third-order valence-electron chi connectivity index (χ3n) is 3.30. The highest BCUT2D eigenvalue weighted by Crippen LogP contribution is 2.28. The van der Waals surface area contributed by atoms with Crippen molar-refractivity contribution in [1.29, 1.82) is 0 Å². The molecular formula is C14H18BrN3. The molecule has 0 aliphatic carbocycles. The van der Waals surface area contributed by atoms with E-state index >= 15 is 0 Å². The van der Waals surface area contributed by atoms with Gasteiger partial charge < -0.3 is 10.3 Å². The van der Waals surface area contributed by atoms with Gasteiger partial charge in [-0.25, -0.2) is 4.98 Å². The van der Waals surface area contributed by atoms with Crippen LogP contribution in [-0.2, 0) is 13.5 Å². The van der Waals surface area contributed by atoms with Crippen LogP contribution < -0.4 is 5.73 Å². The molecule has 96 valence electrons. The molecule has 0 atom stereocenters. The molecule has 0 saturated heterocycles. The largest absolute Gasteiger partial charge is 0.335 e. The van der Waals surface area contributed by atoms with Crippen LogP contribution in [0, 0.1) is 13.8 Å². The summed E-state index contributed by atoms with van der Waals surface area (Å²) in [6, 6.07) is 6.28. The normalized spacial score (nSPS) is 10.9. The van der Waals surface area contributed by atoms with Gasteiger partial charge in [-0.15, -0.1) is 0 Å². The highest BCUT2D eigenvalue weighted by molar-refractivity contribution is 9.10. The summed E-state index contributed by atoms with van der Waals surface area (Å²) in [6.07, 6.45) is 0.810. The van der Waals surface area contributed by atoms with Crippen molar-refractivity contribution in [2.45, 2.75) is 20.3 Å². The maximum Gasteiger partial charge on any atom is 0.110 e. The van der Waals surface area contributed by atoms with Gasteiger partial charge in [0.05, 0.1) is 5.69 Å². The fourth-order valence-corrected chi connectivity index (χ4v) is 2.46. The summed E-state index contributed by atoms with van der Waals surface area (Å²) in [5.41, 5.74) is 10.3. The van der Waals surface area contributed by atoms with Gasteiger partial charge in [-0.3, -0.25) is 0 Å². The van der Waals surface area contributed by atoms with E-state index in [2.05, 4.69) is 52.5 Å². The standard InChI is InChI=1S/C14H18BrN3/c1-9-4-5-11(15)8-12(9)14-10(2)18(3)13(17-14)6-7-16/h4-5,8H,6-7,16H2,1-3H3. The minimum atomic E-state index is 0.626. The summed E-state index contributed by atoms with van der Waals surface area (Å²) in [6.45, 7) is 4.84. The third-order valence-corrected chi connectivity index (χ3v) is 3.79. The molecule has 0 spiro atoms. The molecule has 2 rings (SSSR count). The highest BCUT2D eigenvalue weighted by atomic mass is 79.9. The van der Waals surface area contributed by atoms with Crippen molar-refractivity contribution in [2.24, 2.45) is 12.8 Å². The molecule has 0 amide bonds. The zero-order valence-electron chi connectivity index (χ0n) is 11.0. The molecule has 2 N–H and O–H groups in total. The minimum Gasteiger partial charge on any atom is -0.335 e. The van der Waals surface area contributed by atoms with Crippen molar-refractivity contribution in [1.82, 2.24) is 9.55 Å². The van der Waals surface area contributed by atoms with Gasteiger partial charge in [0.2, 0.25) is 0 Å². The summed E-state index contributed by atoms with van der Waals surface area (Å²) in [7, 11) is 2.05. The Labute approximate surface area is 116 Å². The Morgan fingerprint density at radius 3 is 2.72 bits per heavy atom. The Morgan fingerprint density at radius 1 is 1.33 bits per heavy atom. The average Bonchev–Trinajstić information content (AvgIpc) is 2.61. The van der Waals surface area contributed by atoms with Crippen LogP contribution in [0.15, 0.2) is 22.7 Å². The van der Waals surface area contributed by atoms with Crippen LogP contribution in [0.1, 0.15) is 17.1 Å². The number of halogens is 1. The lowest BCUT2D eigenvalue weighted by Gasteiger charge is -2.05. The fourth-order valence-electron chi connectivity index (χ4n) is 2.09. The van der Waals surface area contributed by atoms with Gasteiger partial charge in [0.1, 0.15) is 5.82 Å². The predicted molar refractivity (Wildman–Crippen MR) is 78.6 cm³/mol. The van der Waals surface area contributed by atoms with E-state index in [0.29, 0.717) is 6.54 Å². The Hall–Kier alpha value is -1.13. The van der Waals surface area contributed by atoms with Crippen LogP contribution >= 0.6 is 15.9 Å². The maximum absolute atomic E-state index is 5.62. The molecule has 0 aliphatic heterocycles. The SMILES string of the molecule is Cc1ccc(Br)cc1-c1nc(CCN)n(C)c1C. The second kappa shape index (κ2) is 5.24.